The number of oxime groups is 1. The van der Waals surface area contributed by atoms with E-state index in [-0.39, 0.29) is 5.69 Å². The van der Waals surface area contributed by atoms with E-state index in [1.54, 1.807) is 24.3 Å². The normalized spacial score (nSPS) is 10.4. The summed E-state index contributed by atoms with van der Waals surface area (Å²) in [6.45, 7) is 0. The molecule has 0 fully saturated rings. The van der Waals surface area contributed by atoms with Crippen molar-refractivity contribution in [2.75, 3.05) is 5.32 Å². The van der Waals surface area contributed by atoms with Crippen LogP contribution in [0, 0.1) is 10.1 Å². The Morgan fingerprint density at radius 3 is 2.55 bits per heavy atom. The van der Waals surface area contributed by atoms with Crippen LogP contribution in [-0.2, 0) is 4.84 Å². The van der Waals surface area contributed by atoms with Gasteiger partial charge in [0.15, 0.2) is 0 Å². The second-order valence-corrected chi connectivity index (χ2v) is 4.47. The maximum Gasteiger partial charge on any atom is 0.437 e. The number of carbonyl (C=O) groups excluding carboxylic acids is 1. The van der Waals surface area contributed by atoms with E-state index in [1.807, 2.05) is 0 Å². The number of non-ortho nitro benzene ring substituents is 1. The molecule has 1 amide bonds. The molecule has 0 spiro atoms. The average molecular weight is 320 g/mol. The monoisotopic (exact) mass is 319 g/mol. The Bertz CT molecular complexity index is 716. The highest BCUT2D eigenvalue weighted by Gasteiger charge is 2.06. The molecule has 0 atom stereocenters. The summed E-state index contributed by atoms with van der Waals surface area (Å²) in [6.07, 6.45) is 0.460. The van der Waals surface area contributed by atoms with Gasteiger partial charge in [0, 0.05) is 12.1 Å². The van der Waals surface area contributed by atoms with Crippen LogP contribution in [0.2, 0.25) is 5.02 Å². The second-order valence-electron chi connectivity index (χ2n) is 4.07. The van der Waals surface area contributed by atoms with Crippen LogP contribution in [0.4, 0.5) is 16.2 Å². The summed E-state index contributed by atoms with van der Waals surface area (Å²) in [7, 11) is 0. The van der Waals surface area contributed by atoms with E-state index < -0.39 is 11.0 Å². The number of para-hydroxylation sites is 1. The standard InChI is InChI=1S/C14H10ClN3O4/c15-12-3-1-2-4-13(12)17-14(19)22-16-9-10-5-7-11(8-6-10)18(20)21/h1-9H,(H,17,19)/b16-9+. The van der Waals surface area contributed by atoms with Crippen molar-refractivity contribution in [2.45, 2.75) is 0 Å². The topological polar surface area (TPSA) is 93.8 Å². The highest BCUT2D eigenvalue weighted by molar-refractivity contribution is 6.33. The Balaban J connectivity index is 1.90. The minimum absolute atomic E-state index is 0.0328. The van der Waals surface area contributed by atoms with Crippen molar-refractivity contribution in [1.29, 1.82) is 0 Å². The summed E-state index contributed by atoms with van der Waals surface area (Å²) in [4.78, 5) is 26.1. The number of hydrogen-bond acceptors (Lipinski definition) is 5. The molecular weight excluding hydrogens is 310 g/mol. The number of hydrogen-bond donors (Lipinski definition) is 1. The highest BCUT2D eigenvalue weighted by atomic mass is 35.5. The third-order valence-electron chi connectivity index (χ3n) is 2.55. The first kappa shape index (κ1) is 15.5. The Labute approximate surface area is 130 Å². The quantitative estimate of drug-likeness (QED) is 0.401. The molecule has 0 aliphatic carbocycles. The summed E-state index contributed by atoms with van der Waals surface area (Å²) >= 11 is 5.87. The van der Waals surface area contributed by atoms with E-state index in [2.05, 4.69) is 15.3 Å². The van der Waals surface area contributed by atoms with Gasteiger partial charge in [-0.2, -0.15) is 0 Å². The summed E-state index contributed by atoms with van der Waals surface area (Å²) in [5.41, 5.74) is 0.922. The molecule has 2 rings (SSSR count). The SMILES string of the molecule is O=C(Nc1ccccc1Cl)O/N=C/c1ccc([N+](=O)[O-])cc1. The fourth-order valence-corrected chi connectivity index (χ4v) is 1.70. The maximum atomic E-state index is 11.5. The van der Waals surface area contributed by atoms with Gasteiger partial charge in [-0.25, -0.2) is 4.79 Å². The first-order valence-corrected chi connectivity index (χ1v) is 6.44. The number of rotatable bonds is 4. The minimum atomic E-state index is -0.800. The van der Waals surface area contributed by atoms with Crippen LogP contribution in [-0.4, -0.2) is 17.2 Å². The van der Waals surface area contributed by atoms with Crippen molar-refractivity contribution in [3.05, 3.63) is 69.2 Å². The Hall–Kier alpha value is -2.93. The van der Waals surface area contributed by atoms with Gasteiger partial charge in [0.1, 0.15) is 0 Å². The van der Waals surface area contributed by atoms with Crippen LogP contribution in [0.1, 0.15) is 5.56 Å². The van der Waals surface area contributed by atoms with E-state index >= 15 is 0 Å². The number of carbonyl (C=O) groups is 1. The molecule has 0 heterocycles. The van der Waals surface area contributed by atoms with Crippen molar-refractivity contribution >= 4 is 35.3 Å². The van der Waals surface area contributed by atoms with Crippen LogP contribution in [0.3, 0.4) is 0 Å². The molecule has 2 aromatic carbocycles. The molecule has 112 valence electrons. The number of amides is 1. The molecule has 0 aliphatic heterocycles. The third-order valence-corrected chi connectivity index (χ3v) is 2.88. The molecule has 0 aromatic heterocycles. The smallest absolute Gasteiger partial charge is 0.298 e. The van der Waals surface area contributed by atoms with Crippen molar-refractivity contribution in [1.82, 2.24) is 0 Å². The lowest BCUT2D eigenvalue weighted by Gasteiger charge is -2.03. The first-order chi connectivity index (χ1) is 10.6. The molecule has 8 heteroatoms. The van der Waals surface area contributed by atoms with Crippen LogP contribution in [0.15, 0.2) is 53.7 Å². The van der Waals surface area contributed by atoms with E-state index in [1.165, 1.54) is 30.5 Å². The van der Waals surface area contributed by atoms with Gasteiger partial charge in [-0.3, -0.25) is 20.3 Å². The van der Waals surface area contributed by atoms with Gasteiger partial charge in [0.2, 0.25) is 0 Å². The molecule has 22 heavy (non-hydrogen) atoms. The van der Waals surface area contributed by atoms with Crippen LogP contribution >= 0.6 is 11.6 Å². The number of nitrogens with one attached hydrogen (secondary N) is 1. The number of nitro benzene ring substituents is 1. The Morgan fingerprint density at radius 1 is 1.23 bits per heavy atom. The number of anilines is 1. The summed E-state index contributed by atoms with van der Waals surface area (Å²) < 4.78 is 0. The lowest BCUT2D eigenvalue weighted by Crippen LogP contribution is -2.11. The van der Waals surface area contributed by atoms with Crippen LogP contribution in [0.5, 0.6) is 0 Å². The van der Waals surface area contributed by atoms with Gasteiger partial charge in [0.25, 0.3) is 5.69 Å². The van der Waals surface area contributed by atoms with E-state index in [0.29, 0.717) is 16.3 Å². The lowest BCUT2D eigenvalue weighted by molar-refractivity contribution is -0.384. The average Bonchev–Trinajstić information content (AvgIpc) is 2.50. The zero-order valence-electron chi connectivity index (χ0n) is 11.1. The number of halogens is 1. The van der Waals surface area contributed by atoms with Crippen LogP contribution in [0.25, 0.3) is 0 Å². The Morgan fingerprint density at radius 2 is 1.91 bits per heavy atom. The van der Waals surface area contributed by atoms with E-state index in [4.69, 9.17) is 11.6 Å². The maximum absolute atomic E-state index is 11.5. The first-order valence-electron chi connectivity index (χ1n) is 6.06. The summed E-state index contributed by atoms with van der Waals surface area (Å²) in [5.74, 6) is 0. The Kier molecular flexibility index (Phi) is 5.05. The molecule has 7 nitrogen and oxygen atoms in total. The zero-order valence-corrected chi connectivity index (χ0v) is 11.9. The van der Waals surface area contributed by atoms with Crippen molar-refractivity contribution in [3.63, 3.8) is 0 Å². The minimum Gasteiger partial charge on any atom is -0.298 e. The predicted octanol–water partition coefficient (Wildman–Crippen LogP) is 3.83. The second kappa shape index (κ2) is 7.19. The van der Waals surface area contributed by atoms with Crippen molar-refractivity contribution < 1.29 is 14.6 Å². The van der Waals surface area contributed by atoms with Gasteiger partial charge in [-0.05, 0) is 29.8 Å². The molecule has 2 aromatic rings. The van der Waals surface area contributed by atoms with Crippen LogP contribution < -0.4 is 5.32 Å². The lowest BCUT2D eigenvalue weighted by atomic mass is 10.2. The molecule has 0 aliphatic rings. The number of nitro groups is 1. The number of benzene rings is 2. The fraction of sp³-hybridized carbons (Fsp3) is 0. The van der Waals surface area contributed by atoms with E-state index in [0.717, 1.165) is 0 Å². The molecule has 0 saturated carbocycles. The van der Waals surface area contributed by atoms with Gasteiger partial charge in [0.05, 0.1) is 21.8 Å². The fourth-order valence-electron chi connectivity index (χ4n) is 1.51. The van der Waals surface area contributed by atoms with Gasteiger partial charge in [-0.15, -0.1) is 0 Å². The van der Waals surface area contributed by atoms with Gasteiger partial charge in [-0.1, -0.05) is 28.9 Å². The van der Waals surface area contributed by atoms with Gasteiger partial charge < -0.3 is 0 Å². The highest BCUT2D eigenvalue weighted by Crippen LogP contribution is 2.20. The zero-order chi connectivity index (χ0) is 15.9. The largest absolute Gasteiger partial charge is 0.437 e. The molecule has 0 saturated heterocycles. The summed E-state index contributed by atoms with van der Waals surface area (Å²) in [5, 5.41) is 16.8. The third kappa shape index (κ3) is 4.29. The number of nitrogens with zero attached hydrogens (tertiary/aromatic N) is 2. The molecular formula is C14H10ClN3O4. The van der Waals surface area contributed by atoms with Crippen molar-refractivity contribution in [2.24, 2.45) is 5.16 Å². The van der Waals surface area contributed by atoms with Gasteiger partial charge >= 0.3 is 6.09 Å². The van der Waals surface area contributed by atoms with Crippen molar-refractivity contribution in [3.8, 4) is 0 Å². The molecule has 0 radical (unpaired) electrons. The van der Waals surface area contributed by atoms with E-state index in [9.17, 15) is 14.9 Å². The molecule has 0 unspecified atom stereocenters. The molecule has 0 bridgehead atoms. The molecule has 1 N–H and O–H groups in total. The summed E-state index contributed by atoms with van der Waals surface area (Å²) in [6, 6.07) is 12.3. The predicted molar refractivity (Wildman–Crippen MR) is 82.2 cm³/mol.